The van der Waals surface area contributed by atoms with E-state index in [0.717, 1.165) is 0 Å². The van der Waals surface area contributed by atoms with E-state index in [4.69, 9.17) is 16.2 Å². The fourth-order valence-corrected chi connectivity index (χ4v) is 2.68. The molecule has 0 radical (unpaired) electrons. The van der Waals surface area contributed by atoms with Crippen LogP contribution >= 0.6 is 0 Å². The zero-order chi connectivity index (χ0) is 17.3. The van der Waals surface area contributed by atoms with Gasteiger partial charge in [-0.2, -0.15) is 5.10 Å². The summed E-state index contributed by atoms with van der Waals surface area (Å²) in [5, 5.41) is 3.92. The maximum atomic E-state index is 13.7. The van der Waals surface area contributed by atoms with Crippen molar-refractivity contribution in [3.8, 4) is 0 Å². The van der Waals surface area contributed by atoms with Crippen LogP contribution in [0.15, 0.2) is 30.5 Å². The zero-order valence-electron chi connectivity index (χ0n) is 12.8. The molecule has 0 bridgehead atoms. The van der Waals surface area contributed by atoms with Crippen LogP contribution in [-0.2, 0) is 16.1 Å². The Bertz CT molecular complexity index is 789. The number of primary amides is 1. The van der Waals surface area contributed by atoms with E-state index in [-0.39, 0.29) is 48.2 Å². The van der Waals surface area contributed by atoms with Crippen molar-refractivity contribution in [2.24, 2.45) is 11.7 Å². The molecule has 2 aromatic rings. The molecule has 1 amide bonds. The third-order valence-corrected chi connectivity index (χ3v) is 4.09. The minimum Gasteiger partial charge on any atom is -0.463 e. The van der Waals surface area contributed by atoms with Crippen molar-refractivity contribution in [2.45, 2.75) is 18.9 Å². The Morgan fingerprint density at radius 3 is 2.79 bits per heavy atom. The maximum absolute atomic E-state index is 13.7. The van der Waals surface area contributed by atoms with E-state index in [0.29, 0.717) is 12.0 Å². The van der Waals surface area contributed by atoms with Gasteiger partial charge in [0.25, 0.3) is 5.91 Å². The maximum Gasteiger partial charge on any atom is 0.309 e. The Hall–Kier alpha value is -2.90. The first-order valence-corrected chi connectivity index (χ1v) is 7.51. The zero-order valence-corrected chi connectivity index (χ0v) is 12.8. The van der Waals surface area contributed by atoms with Gasteiger partial charge >= 0.3 is 5.97 Å². The van der Waals surface area contributed by atoms with Crippen LogP contribution in [0, 0.1) is 11.7 Å². The number of esters is 1. The van der Waals surface area contributed by atoms with Gasteiger partial charge < -0.3 is 16.2 Å². The molecule has 1 aromatic heterocycles. The number of nitrogens with zero attached hydrogens (tertiary/aromatic N) is 2. The molecule has 0 saturated heterocycles. The van der Waals surface area contributed by atoms with E-state index in [1.807, 2.05) is 0 Å². The molecule has 2 atom stereocenters. The van der Waals surface area contributed by atoms with Crippen molar-refractivity contribution < 1.29 is 18.7 Å². The van der Waals surface area contributed by atoms with Crippen molar-refractivity contribution in [3.63, 3.8) is 0 Å². The summed E-state index contributed by atoms with van der Waals surface area (Å²) in [7, 11) is 0. The van der Waals surface area contributed by atoms with E-state index in [1.165, 1.54) is 16.9 Å². The fraction of sp³-hybridized carbons (Fsp3) is 0.312. The molecule has 1 saturated carbocycles. The molecule has 126 valence electrons. The van der Waals surface area contributed by atoms with E-state index >= 15 is 0 Å². The van der Waals surface area contributed by atoms with Gasteiger partial charge in [-0.15, -0.1) is 0 Å². The lowest BCUT2D eigenvalue weighted by Crippen LogP contribution is -2.17. The number of nitrogen functional groups attached to an aromatic ring is 1. The first kappa shape index (κ1) is 16.0. The highest BCUT2D eigenvalue weighted by Crippen LogP contribution is 2.48. The van der Waals surface area contributed by atoms with Crippen LogP contribution in [0.1, 0.15) is 28.3 Å². The number of ether oxygens (including phenoxy) is 1. The summed E-state index contributed by atoms with van der Waals surface area (Å²) in [6.45, 7) is 0.269. The van der Waals surface area contributed by atoms with Crippen LogP contribution in [0.2, 0.25) is 0 Å². The number of anilines is 1. The lowest BCUT2D eigenvalue weighted by molar-refractivity contribution is -0.145. The Morgan fingerprint density at radius 1 is 1.38 bits per heavy atom. The summed E-state index contributed by atoms with van der Waals surface area (Å²) in [5.74, 6) is -1.66. The van der Waals surface area contributed by atoms with Gasteiger partial charge in [-0.05, 0) is 18.1 Å². The molecular weight excluding hydrogens is 315 g/mol. The lowest BCUT2D eigenvalue weighted by atomic mass is 10.1. The van der Waals surface area contributed by atoms with Gasteiger partial charge in [0.05, 0.1) is 18.7 Å². The molecule has 7 nitrogen and oxygen atoms in total. The number of nitrogens with two attached hydrogens (primary N) is 2. The van der Waals surface area contributed by atoms with Crippen molar-refractivity contribution in [3.05, 3.63) is 47.4 Å². The molecule has 1 aliphatic rings. The molecule has 24 heavy (non-hydrogen) atoms. The monoisotopic (exact) mass is 332 g/mol. The SMILES string of the molecule is NC(=O)c1cnn(CCOC(=O)[C@@H]2C[C@@H]2c2ccccc2F)c1N. The summed E-state index contributed by atoms with van der Waals surface area (Å²) >= 11 is 0. The molecule has 0 aliphatic heterocycles. The van der Waals surface area contributed by atoms with E-state index < -0.39 is 5.91 Å². The first-order chi connectivity index (χ1) is 11.5. The molecule has 1 aromatic carbocycles. The second kappa shape index (κ2) is 6.31. The van der Waals surface area contributed by atoms with Crippen molar-refractivity contribution >= 4 is 17.7 Å². The Morgan fingerprint density at radius 2 is 2.12 bits per heavy atom. The molecule has 3 rings (SSSR count). The Balaban J connectivity index is 1.51. The number of hydrogen-bond acceptors (Lipinski definition) is 5. The van der Waals surface area contributed by atoms with Crippen molar-refractivity contribution in [1.82, 2.24) is 9.78 Å². The highest BCUT2D eigenvalue weighted by Gasteiger charge is 2.46. The first-order valence-electron chi connectivity index (χ1n) is 7.51. The summed E-state index contributed by atoms with van der Waals surface area (Å²) in [5.41, 5.74) is 11.5. The molecule has 8 heteroatoms. The molecule has 1 aliphatic carbocycles. The quantitative estimate of drug-likeness (QED) is 0.768. The minimum atomic E-state index is -0.665. The van der Waals surface area contributed by atoms with Crippen molar-refractivity contribution in [1.29, 1.82) is 0 Å². The van der Waals surface area contributed by atoms with Crippen LogP contribution in [0.25, 0.3) is 0 Å². The normalized spacial score (nSPS) is 19.0. The number of hydrogen-bond donors (Lipinski definition) is 2. The smallest absolute Gasteiger partial charge is 0.309 e. The molecular formula is C16H17FN4O3. The minimum absolute atomic E-state index is 0.0589. The van der Waals surface area contributed by atoms with Crippen LogP contribution in [-0.4, -0.2) is 28.3 Å². The van der Waals surface area contributed by atoms with Gasteiger partial charge in [0.15, 0.2) is 0 Å². The van der Waals surface area contributed by atoms with Gasteiger partial charge in [0.1, 0.15) is 23.8 Å². The standard InChI is InChI=1S/C16H17FN4O3/c17-13-4-2-1-3-9(13)10-7-11(10)16(23)24-6-5-21-14(18)12(8-20-21)15(19)22/h1-4,8,10-11H,5-7,18H2,(H2,19,22)/t10-,11-/m1/s1. The number of halogens is 1. The number of rotatable bonds is 6. The Labute approximate surface area is 137 Å². The molecule has 4 N–H and O–H groups in total. The average Bonchev–Trinajstić information content (AvgIpc) is 3.25. The van der Waals surface area contributed by atoms with Crippen LogP contribution in [0.3, 0.4) is 0 Å². The molecule has 0 unspecified atom stereocenters. The predicted molar refractivity (Wildman–Crippen MR) is 83.4 cm³/mol. The molecule has 0 spiro atoms. The van der Waals surface area contributed by atoms with Crippen LogP contribution in [0.4, 0.5) is 10.2 Å². The summed E-state index contributed by atoms with van der Waals surface area (Å²) in [6.07, 6.45) is 1.85. The lowest BCUT2D eigenvalue weighted by Gasteiger charge is -2.07. The number of benzene rings is 1. The van der Waals surface area contributed by atoms with Crippen molar-refractivity contribution in [2.75, 3.05) is 12.3 Å². The molecule has 1 fully saturated rings. The highest BCUT2D eigenvalue weighted by atomic mass is 19.1. The number of amides is 1. The third kappa shape index (κ3) is 3.08. The number of carbonyl (C=O) groups excluding carboxylic acids is 2. The second-order valence-electron chi connectivity index (χ2n) is 5.67. The van der Waals surface area contributed by atoms with Gasteiger partial charge in [-0.3, -0.25) is 9.59 Å². The van der Waals surface area contributed by atoms with Gasteiger partial charge in [-0.1, -0.05) is 18.2 Å². The number of aromatic nitrogens is 2. The third-order valence-electron chi connectivity index (χ3n) is 4.09. The summed E-state index contributed by atoms with van der Waals surface area (Å²) in [4.78, 5) is 23.1. The summed E-state index contributed by atoms with van der Waals surface area (Å²) in [6, 6.07) is 6.43. The summed E-state index contributed by atoms with van der Waals surface area (Å²) < 4.78 is 20.2. The largest absolute Gasteiger partial charge is 0.463 e. The number of carbonyl (C=O) groups is 2. The predicted octanol–water partition coefficient (Wildman–Crippen LogP) is 1.05. The van der Waals surface area contributed by atoms with E-state index in [2.05, 4.69) is 5.10 Å². The highest BCUT2D eigenvalue weighted by molar-refractivity contribution is 5.96. The van der Waals surface area contributed by atoms with E-state index in [9.17, 15) is 14.0 Å². The van der Waals surface area contributed by atoms with Gasteiger partial charge in [0, 0.05) is 5.92 Å². The van der Waals surface area contributed by atoms with Gasteiger partial charge in [-0.25, -0.2) is 9.07 Å². The fourth-order valence-electron chi connectivity index (χ4n) is 2.68. The topological polar surface area (TPSA) is 113 Å². The van der Waals surface area contributed by atoms with Crippen LogP contribution in [0.5, 0.6) is 0 Å². The average molecular weight is 332 g/mol. The van der Waals surface area contributed by atoms with Crippen LogP contribution < -0.4 is 11.5 Å². The Kier molecular flexibility index (Phi) is 4.20. The van der Waals surface area contributed by atoms with Gasteiger partial charge in [0.2, 0.25) is 0 Å². The second-order valence-corrected chi connectivity index (χ2v) is 5.67. The molecule has 1 heterocycles. The van der Waals surface area contributed by atoms with E-state index in [1.54, 1.807) is 18.2 Å².